The number of likely N-dealkylation sites (tertiary alicyclic amines) is 1. The highest BCUT2D eigenvalue weighted by Crippen LogP contribution is 2.35. The molecule has 4 aliphatic rings. The van der Waals surface area contributed by atoms with Crippen molar-refractivity contribution in [3.8, 4) is 23.7 Å². The van der Waals surface area contributed by atoms with Crippen molar-refractivity contribution in [1.29, 1.82) is 5.26 Å². The first-order chi connectivity index (χ1) is 28.5. The van der Waals surface area contributed by atoms with Crippen LogP contribution >= 0.6 is 11.6 Å². The summed E-state index contributed by atoms with van der Waals surface area (Å²) in [6.07, 6.45) is 5.95. The van der Waals surface area contributed by atoms with E-state index in [2.05, 4.69) is 51.9 Å². The largest absolute Gasteiger partial charge is 0.487 e. The van der Waals surface area contributed by atoms with E-state index in [1.807, 2.05) is 42.5 Å². The zero-order valence-corrected chi connectivity index (χ0v) is 33.8. The molecule has 4 aliphatic heterocycles. The fraction of sp³-hybridized carbons (Fsp3) is 0.370. The number of hydrogen-bond acceptors (Lipinski definition) is 10. The van der Waals surface area contributed by atoms with E-state index in [4.69, 9.17) is 21.3 Å². The van der Waals surface area contributed by atoms with Crippen LogP contribution in [0.3, 0.4) is 0 Å². The smallest absolute Gasteiger partial charge is 0.262 e. The fourth-order valence-electron chi connectivity index (χ4n) is 8.50. The van der Waals surface area contributed by atoms with E-state index >= 15 is 0 Å². The number of anilines is 1. The molecule has 4 amide bonds. The minimum Gasteiger partial charge on any atom is -0.487 e. The van der Waals surface area contributed by atoms with E-state index in [0.29, 0.717) is 28.8 Å². The number of halogens is 1. The highest BCUT2D eigenvalue weighted by molar-refractivity contribution is 6.30. The molecule has 1 N–H and O–H groups in total. The number of rotatable bonds is 8. The molecule has 5 heterocycles. The number of piperidine rings is 3. The third kappa shape index (κ3) is 8.43. The van der Waals surface area contributed by atoms with Gasteiger partial charge >= 0.3 is 0 Å². The van der Waals surface area contributed by atoms with Gasteiger partial charge in [0.05, 0.1) is 28.5 Å². The highest BCUT2D eigenvalue weighted by Gasteiger charge is 2.44. The lowest BCUT2D eigenvalue weighted by Crippen LogP contribution is -2.54. The summed E-state index contributed by atoms with van der Waals surface area (Å²) in [7, 11) is 0. The average Bonchev–Trinajstić information content (AvgIpc) is 3.50. The topological polar surface area (TPSA) is 149 Å². The maximum Gasteiger partial charge on any atom is 0.262 e. The van der Waals surface area contributed by atoms with Gasteiger partial charge in [0.25, 0.3) is 11.8 Å². The zero-order chi connectivity index (χ0) is 41.3. The molecule has 13 heteroatoms. The number of benzene rings is 3. The number of fused-ring (bicyclic) bond motifs is 1. The molecule has 0 aliphatic carbocycles. The second-order valence-corrected chi connectivity index (χ2v) is 16.6. The first-order valence-electron chi connectivity index (χ1n) is 20.1. The standard InChI is InChI=1S/C46H44ClN7O5/c1-46(2,33-23-31(27-48)24-34(47)26-33)32-6-8-37(9-7-32)59-28-35-13-18-49-45(50-35)53-21-16-36(17-22-53)52-19-14-29(15-20-52)3-4-30-5-10-38-39(25-30)44(58)54(43(38)57)40-11-12-41(55)51-42(40)56/h5-10,13,18,23-26,29,36,40H,11-12,14-17,19-22,28H2,1-2H3,(H,51,55,56). The van der Waals surface area contributed by atoms with Crippen LogP contribution < -0.4 is 15.0 Å². The summed E-state index contributed by atoms with van der Waals surface area (Å²) < 4.78 is 6.13. The lowest BCUT2D eigenvalue weighted by molar-refractivity contribution is -0.136. The van der Waals surface area contributed by atoms with Crippen LogP contribution in [0.1, 0.15) is 101 Å². The normalized spacial score (nSPS) is 19.2. The first-order valence-corrected chi connectivity index (χ1v) is 20.5. The predicted molar refractivity (Wildman–Crippen MR) is 221 cm³/mol. The zero-order valence-electron chi connectivity index (χ0n) is 33.0. The van der Waals surface area contributed by atoms with Crippen molar-refractivity contribution < 1.29 is 23.9 Å². The van der Waals surface area contributed by atoms with Gasteiger partial charge in [0.15, 0.2) is 0 Å². The van der Waals surface area contributed by atoms with E-state index in [9.17, 15) is 24.4 Å². The molecule has 12 nitrogen and oxygen atoms in total. The van der Waals surface area contributed by atoms with Crippen LogP contribution in [-0.2, 0) is 21.6 Å². The van der Waals surface area contributed by atoms with Crippen LogP contribution in [0.4, 0.5) is 5.95 Å². The number of nitriles is 1. The van der Waals surface area contributed by atoms with E-state index in [-0.39, 0.29) is 35.3 Å². The summed E-state index contributed by atoms with van der Waals surface area (Å²) in [5.41, 5.74) is 4.19. The van der Waals surface area contributed by atoms with E-state index < -0.39 is 29.7 Å². The summed E-state index contributed by atoms with van der Waals surface area (Å²) >= 11 is 6.30. The maximum atomic E-state index is 13.2. The number of imide groups is 2. The number of carbonyl (C=O) groups is 4. The van der Waals surface area contributed by atoms with E-state index in [1.54, 1.807) is 30.5 Å². The van der Waals surface area contributed by atoms with Gasteiger partial charge in [0.2, 0.25) is 17.8 Å². The summed E-state index contributed by atoms with van der Waals surface area (Å²) in [6.45, 7) is 8.21. The van der Waals surface area contributed by atoms with Gasteiger partial charge in [-0.2, -0.15) is 5.26 Å². The molecule has 0 spiro atoms. The van der Waals surface area contributed by atoms with Crippen LogP contribution in [0.2, 0.25) is 5.02 Å². The molecule has 0 saturated carbocycles. The number of aromatic nitrogens is 2. The Labute approximate surface area is 348 Å². The summed E-state index contributed by atoms with van der Waals surface area (Å²) in [4.78, 5) is 65.5. The Bertz CT molecular complexity index is 2420. The van der Waals surface area contributed by atoms with Crippen LogP contribution in [0.15, 0.2) is 72.9 Å². The molecule has 0 bridgehead atoms. The maximum absolute atomic E-state index is 13.2. The summed E-state index contributed by atoms with van der Waals surface area (Å²) in [5.74, 6) is 6.25. The van der Waals surface area contributed by atoms with Gasteiger partial charge in [0, 0.05) is 53.7 Å². The Morgan fingerprint density at radius 3 is 2.32 bits per heavy atom. The molecule has 300 valence electrons. The molecule has 8 rings (SSSR count). The molecule has 0 radical (unpaired) electrons. The van der Waals surface area contributed by atoms with Crippen molar-refractivity contribution in [1.82, 2.24) is 25.1 Å². The Kier molecular flexibility index (Phi) is 11.2. The first kappa shape index (κ1) is 39.7. The van der Waals surface area contributed by atoms with Crippen molar-refractivity contribution in [3.63, 3.8) is 0 Å². The van der Waals surface area contributed by atoms with Crippen molar-refractivity contribution >= 4 is 41.2 Å². The van der Waals surface area contributed by atoms with Crippen LogP contribution in [-0.4, -0.2) is 81.7 Å². The van der Waals surface area contributed by atoms with Gasteiger partial charge in [-0.15, -0.1) is 0 Å². The number of hydrogen-bond donors (Lipinski definition) is 1. The second kappa shape index (κ2) is 16.6. The minimum atomic E-state index is -0.989. The number of amides is 4. The van der Waals surface area contributed by atoms with Crippen molar-refractivity contribution in [2.24, 2.45) is 5.92 Å². The third-order valence-electron chi connectivity index (χ3n) is 12.1. The number of nitrogens with zero attached hydrogens (tertiary/aromatic N) is 6. The summed E-state index contributed by atoms with van der Waals surface area (Å²) in [5, 5.41) is 12.2. The molecule has 3 fully saturated rings. The number of ether oxygens (including phenoxy) is 1. The van der Waals surface area contributed by atoms with Crippen molar-refractivity contribution in [3.05, 3.63) is 117 Å². The van der Waals surface area contributed by atoms with E-state index in [1.165, 1.54) is 0 Å². The van der Waals surface area contributed by atoms with Crippen LogP contribution in [0.5, 0.6) is 5.75 Å². The third-order valence-corrected chi connectivity index (χ3v) is 12.3. The van der Waals surface area contributed by atoms with E-state index in [0.717, 1.165) is 85.3 Å². The molecular formula is C46H44ClN7O5. The average molecular weight is 810 g/mol. The van der Waals surface area contributed by atoms with Gasteiger partial charge in [-0.05, 0) is 111 Å². The Morgan fingerprint density at radius 1 is 0.847 bits per heavy atom. The van der Waals surface area contributed by atoms with Gasteiger partial charge in [0.1, 0.15) is 18.4 Å². The lowest BCUT2D eigenvalue weighted by Gasteiger charge is -2.41. The van der Waals surface area contributed by atoms with Crippen LogP contribution in [0, 0.1) is 29.1 Å². The van der Waals surface area contributed by atoms with Crippen molar-refractivity contribution in [2.45, 2.75) is 76.5 Å². The van der Waals surface area contributed by atoms with Crippen LogP contribution in [0.25, 0.3) is 0 Å². The molecule has 1 unspecified atom stereocenters. The monoisotopic (exact) mass is 809 g/mol. The Hall–Kier alpha value is -6.08. The molecule has 1 aromatic heterocycles. The van der Waals surface area contributed by atoms with Gasteiger partial charge < -0.3 is 14.5 Å². The quantitative estimate of drug-likeness (QED) is 0.165. The lowest BCUT2D eigenvalue weighted by atomic mass is 9.78. The van der Waals surface area contributed by atoms with Gasteiger partial charge in [-0.3, -0.25) is 29.4 Å². The molecule has 4 aromatic rings. The molecule has 3 aromatic carbocycles. The van der Waals surface area contributed by atoms with Gasteiger partial charge in [-0.1, -0.05) is 49.4 Å². The molecule has 59 heavy (non-hydrogen) atoms. The molecular weight excluding hydrogens is 766 g/mol. The number of nitrogens with one attached hydrogen (secondary N) is 1. The molecule has 1 atom stereocenters. The fourth-order valence-corrected chi connectivity index (χ4v) is 8.73. The molecule has 3 saturated heterocycles. The number of carbonyl (C=O) groups excluding carboxylic acids is 4. The SMILES string of the molecule is CC(C)(c1ccc(OCc2ccnc(N3CCC(N4CCC(C#Cc5ccc6c(c5)C(=O)N(C5CCC(=O)NC5=O)C6=O)CC4)CC3)n2)cc1)c1cc(Cl)cc(C#N)c1. The van der Waals surface area contributed by atoms with Gasteiger partial charge in [-0.25, -0.2) is 9.97 Å². The Balaban J connectivity index is 0.800. The summed E-state index contributed by atoms with van der Waals surface area (Å²) in [6, 6.07) is 22.0. The van der Waals surface area contributed by atoms with Crippen molar-refractivity contribution in [2.75, 3.05) is 31.1 Å². The second-order valence-electron chi connectivity index (χ2n) is 16.1. The predicted octanol–water partition coefficient (Wildman–Crippen LogP) is 6.04. The Morgan fingerprint density at radius 2 is 1.59 bits per heavy atom. The minimum absolute atomic E-state index is 0.0811. The highest BCUT2D eigenvalue weighted by atomic mass is 35.5.